The van der Waals surface area contributed by atoms with Crippen LogP contribution in [0, 0.1) is 11.3 Å². The van der Waals surface area contributed by atoms with Crippen molar-refractivity contribution in [3.63, 3.8) is 0 Å². The van der Waals surface area contributed by atoms with E-state index in [1.807, 2.05) is 0 Å². The molecular formula is C14H29NO2. The topological polar surface area (TPSA) is 44.5 Å². The minimum absolute atomic E-state index is 0.0831. The van der Waals surface area contributed by atoms with Gasteiger partial charge in [-0.05, 0) is 37.0 Å². The molecule has 1 rings (SSSR count). The molecule has 0 unspecified atom stereocenters. The van der Waals surface area contributed by atoms with Crippen molar-refractivity contribution in [2.24, 2.45) is 17.1 Å². The maximum atomic E-state index is 5.97. The standard InChI is InChI=1S/C14H29NO2/c1-13(2,3)12-5-7-14(11-15,8-6-12)17-10-9-16-4/h12H,5-11,15H2,1-4H3. The lowest BCUT2D eigenvalue weighted by atomic mass is 9.68. The SMILES string of the molecule is COCCOC1(CN)CCC(C(C)(C)C)CC1. The van der Waals surface area contributed by atoms with Gasteiger partial charge in [-0.25, -0.2) is 0 Å². The van der Waals surface area contributed by atoms with Gasteiger partial charge in [0.2, 0.25) is 0 Å². The molecule has 0 aromatic rings. The highest BCUT2D eigenvalue weighted by molar-refractivity contribution is 4.91. The Morgan fingerprint density at radius 2 is 1.76 bits per heavy atom. The van der Waals surface area contributed by atoms with E-state index in [0.717, 1.165) is 18.8 Å². The fraction of sp³-hybridized carbons (Fsp3) is 1.00. The lowest BCUT2D eigenvalue weighted by Gasteiger charge is -2.43. The van der Waals surface area contributed by atoms with E-state index in [2.05, 4.69) is 20.8 Å². The average Bonchev–Trinajstić information content (AvgIpc) is 2.29. The van der Waals surface area contributed by atoms with Crippen LogP contribution in [0.25, 0.3) is 0 Å². The first-order valence-corrected chi connectivity index (χ1v) is 6.76. The number of ether oxygens (including phenoxy) is 2. The molecule has 17 heavy (non-hydrogen) atoms. The third kappa shape index (κ3) is 4.23. The molecule has 0 aromatic carbocycles. The summed E-state index contributed by atoms with van der Waals surface area (Å²) >= 11 is 0. The number of rotatable bonds is 5. The van der Waals surface area contributed by atoms with Crippen molar-refractivity contribution in [1.82, 2.24) is 0 Å². The third-order valence-electron chi connectivity index (χ3n) is 4.19. The summed E-state index contributed by atoms with van der Waals surface area (Å²) in [5.41, 5.74) is 6.24. The Hall–Kier alpha value is -0.120. The summed E-state index contributed by atoms with van der Waals surface area (Å²) in [4.78, 5) is 0. The van der Waals surface area contributed by atoms with E-state index < -0.39 is 0 Å². The lowest BCUT2D eigenvalue weighted by Crippen LogP contribution is -2.46. The lowest BCUT2D eigenvalue weighted by molar-refractivity contribution is -0.0915. The van der Waals surface area contributed by atoms with Crippen molar-refractivity contribution in [2.45, 2.75) is 52.1 Å². The molecule has 2 N–H and O–H groups in total. The third-order valence-corrected chi connectivity index (χ3v) is 4.19. The fourth-order valence-electron chi connectivity index (χ4n) is 2.76. The zero-order valence-corrected chi connectivity index (χ0v) is 11.9. The van der Waals surface area contributed by atoms with E-state index in [1.165, 1.54) is 12.8 Å². The second-order valence-corrected chi connectivity index (χ2v) is 6.37. The Morgan fingerprint density at radius 3 is 2.18 bits per heavy atom. The molecule has 0 heterocycles. The Balaban J connectivity index is 2.45. The molecule has 3 heteroatoms. The van der Waals surface area contributed by atoms with Crippen LogP contribution >= 0.6 is 0 Å². The number of hydrogen-bond acceptors (Lipinski definition) is 3. The Morgan fingerprint density at radius 1 is 1.18 bits per heavy atom. The van der Waals surface area contributed by atoms with Crippen LogP contribution in [0.5, 0.6) is 0 Å². The van der Waals surface area contributed by atoms with Crippen molar-refractivity contribution in [1.29, 1.82) is 0 Å². The summed E-state index contributed by atoms with van der Waals surface area (Å²) in [5.74, 6) is 0.799. The maximum Gasteiger partial charge on any atom is 0.0805 e. The van der Waals surface area contributed by atoms with Crippen LogP contribution in [0.4, 0.5) is 0 Å². The van der Waals surface area contributed by atoms with Gasteiger partial charge < -0.3 is 15.2 Å². The van der Waals surface area contributed by atoms with E-state index in [9.17, 15) is 0 Å². The first-order valence-electron chi connectivity index (χ1n) is 6.76. The first-order chi connectivity index (χ1) is 7.93. The van der Waals surface area contributed by atoms with E-state index in [4.69, 9.17) is 15.2 Å². The van der Waals surface area contributed by atoms with Crippen molar-refractivity contribution in [3.8, 4) is 0 Å². The van der Waals surface area contributed by atoms with Crippen molar-refractivity contribution in [2.75, 3.05) is 26.9 Å². The summed E-state index contributed by atoms with van der Waals surface area (Å²) in [7, 11) is 1.70. The van der Waals surface area contributed by atoms with Gasteiger partial charge in [0.05, 0.1) is 18.8 Å². The minimum atomic E-state index is -0.0831. The van der Waals surface area contributed by atoms with Crippen LogP contribution in [0.1, 0.15) is 46.5 Å². The quantitative estimate of drug-likeness (QED) is 0.755. The molecule has 3 nitrogen and oxygen atoms in total. The molecule has 1 aliphatic carbocycles. The van der Waals surface area contributed by atoms with Gasteiger partial charge in [0, 0.05) is 13.7 Å². The van der Waals surface area contributed by atoms with Crippen LogP contribution in [-0.4, -0.2) is 32.5 Å². The molecule has 0 radical (unpaired) electrons. The smallest absolute Gasteiger partial charge is 0.0805 e. The number of methoxy groups -OCH3 is 1. The number of hydrogen-bond donors (Lipinski definition) is 1. The van der Waals surface area contributed by atoms with Crippen molar-refractivity contribution in [3.05, 3.63) is 0 Å². The largest absolute Gasteiger partial charge is 0.382 e. The highest BCUT2D eigenvalue weighted by Gasteiger charge is 2.38. The van der Waals surface area contributed by atoms with Gasteiger partial charge in [-0.2, -0.15) is 0 Å². The average molecular weight is 243 g/mol. The van der Waals surface area contributed by atoms with Crippen LogP contribution in [0.2, 0.25) is 0 Å². The van der Waals surface area contributed by atoms with Crippen LogP contribution in [0.15, 0.2) is 0 Å². The van der Waals surface area contributed by atoms with Crippen LogP contribution in [0.3, 0.4) is 0 Å². The second-order valence-electron chi connectivity index (χ2n) is 6.37. The Kier molecular flexibility index (Phi) is 5.42. The number of nitrogens with two attached hydrogens (primary N) is 1. The van der Waals surface area contributed by atoms with E-state index in [-0.39, 0.29) is 5.60 Å². The van der Waals surface area contributed by atoms with E-state index in [1.54, 1.807) is 7.11 Å². The molecule has 0 aliphatic heterocycles. The highest BCUT2D eigenvalue weighted by atomic mass is 16.5. The molecule has 0 aromatic heterocycles. The van der Waals surface area contributed by atoms with Gasteiger partial charge >= 0.3 is 0 Å². The van der Waals surface area contributed by atoms with Gasteiger partial charge in [0.1, 0.15) is 0 Å². The summed E-state index contributed by atoms with van der Waals surface area (Å²) in [6, 6.07) is 0. The van der Waals surface area contributed by atoms with E-state index in [0.29, 0.717) is 25.2 Å². The summed E-state index contributed by atoms with van der Waals surface area (Å²) in [5, 5.41) is 0. The van der Waals surface area contributed by atoms with Gasteiger partial charge in [-0.15, -0.1) is 0 Å². The highest BCUT2D eigenvalue weighted by Crippen LogP contribution is 2.42. The zero-order valence-electron chi connectivity index (χ0n) is 11.9. The monoisotopic (exact) mass is 243 g/mol. The molecule has 0 bridgehead atoms. The molecule has 0 saturated heterocycles. The molecule has 102 valence electrons. The first kappa shape index (κ1) is 14.9. The van der Waals surface area contributed by atoms with E-state index >= 15 is 0 Å². The maximum absolute atomic E-state index is 5.97. The van der Waals surface area contributed by atoms with Gasteiger partial charge in [-0.3, -0.25) is 0 Å². The Labute approximate surface area is 106 Å². The molecule has 1 saturated carbocycles. The van der Waals surface area contributed by atoms with Gasteiger partial charge in [0.25, 0.3) is 0 Å². The second kappa shape index (κ2) is 6.17. The fourth-order valence-corrected chi connectivity index (χ4v) is 2.76. The van der Waals surface area contributed by atoms with Crippen molar-refractivity contribution < 1.29 is 9.47 Å². The molecule has 0 amide bonds. The molecule has 1 fully saturated rings. The predicted octanol–water partition coefficient (Wildman–Crippen LogP) is 2.58. The molecule has 1 aliphatic rings. The predicted molar refractivity (Wildman–Crippen MR) is 71.0 cm³/mol. The van der Waals surface area contributed by atoms with Crippen molar-refractivity contribution >= 4 is 0 Å². The Bertz CT molecular complexity index is 215. The minimum Gasteiger partial charge on any atom is -0.382 e. The molecular weight excluding hydrogens is 214 g/mol. The summed E-state index contributed by atoms with van der Waals surface area (Å²) in [6.45, 7) is 8.95. The molecule has 0 spiro atoms. The molecule has 0 atom stereocenters. The van der Waals surface area contributed by atoms with Gasteiger partial charge in [0.15, 0.2) is 0 Å². The van der Waals surface area contributed by atoms with Crippen LogP contribution in [-0.2, 0) is 9.47 Å². The van der Waals surface area contributed by atoms with Crippen LogP contribution < -0.4 is 5.73 Å². The zero-order chi connectivity index (χ0) is 12.9. The summed E-state index contributed by atoms with van der Waals surface area (Å²) in [6.07, 6.45) is 4.64. The summed E-state index contributed by atoms with van der Waals surface area (Å²) < 4.78 is 11.0. The van der Waals surface area contributed by atoms with Gasteiger partial charge in [-0.1, -0.05) is 20.8 Å². The normalized spacial score (nSPS) is 30.5.